The first-order valence-electron chi connectivity index (χ1n) is 10.1. The van der Waals surface area contributed by atoms with Gasteiger partial charge in [-0.1, -0.05) is 6.07 Å². The lowest BCUT2D eigenvalue weighted by molar-refractivity contribution is 0.0188. The SMILES string of the molecule is CC(C)(C)OC(=O)N1CCC(CNc2c(F)cccc2N2CCCC2)CC1. The van der Waals surface area contributed by atoms with Crippen molar-refractivity contribution in [1.29, 1.82) is 0 Å². The topological polar surface area (TPSA) is 44.8 Å². The van der Waals surface area contributed by atoms with Gasteiger partial charge >= 0.3 is 6.09 Å². The van der Waals surface area contributed by atoms with Gasteiger partial charge in [-0.2, -0.15) is 0 Å². The van der Waals surface area contributed by atoms with Gasteiger partial charge in [-0.15, -0.1) is 0 Å². The minimum Gasteiger partial charge on any atom is -0.444 e. The van der Waals surface area contributed by atoms with Gasteiger partial charge in [-0.25, -0.2) is 9.18 Å². The molecule has 1 amide bonds. The smallest absolute Gasteiger partial charge is 0.410 e. The van der Waals surface area contributed by atoms with Gasteiger partial charge in [-0.05, 0) is 64.5 Å². The molecule has 0 saturated carbocycles. The maximum absolute atomic E-state index is 14.4. The Morgan fingerprint density at radius 3 is 2.48 bits per heavy atom. The number of rotatable bonds is 4. The molecule has 1 aromatic rings. The van der Waals surface area contributed by atoms with Crippen LogP contribution < -0.4 is 10.2 Å². The molecule has 0 atom stereocenters. The minimum atomic E-state index is -0.466. The van der Waals surface area contributed by atoms with Crippen LogP contribution in [0.4, 0.5) is 20.6 Å². The van der Waals surface area contributed by atoms with Crippen LogP contribution in [-0.4, -0.2) is 49.3 Å². The lowest BCUT2D eigenvalue weighted by atomic mass is 9.97. The molecule has 2 heterocycles. The Bertz CT molecular complexity index is 645. The number of carbonyl (C=O) groups excluding carboxylic acids is 1. The Balaban J connectivity index is 1.53. The van der Waals surface area contributed by atoms with Crippen LogP contribution in [0.2, 0.25) is 0 Å². The zero-order valence-corrected chi connectivity index (χ0v) is 16.8. The second kappa shape index (κ2) is 8.36. The fraction of sp³-hybridized carbons (Fsp3) is 0.667. The number of hydrogen-bond donors (Lipinski definition) is 1. The quantitative estimate of drug-likeness (QED) is 0.840. The molecule has 1 N–H and O–H groups in total. The van der Waals surface area contributed by atoms with E-state index in [0.717, 1.165) is 38.2 Å². The molecule has 2 aliphatic heterocycles. The summed E-state index contributed by atoms with van der Waals surface area (Å²) in [6, 6.07) is 5.31. The van der Waals surface area contributed by atoms with E-state index in [9.17, 15) is 9.18 Å². The van der Waals surface area contributed by atoms with Gasteiger partial charge < -0.3 is 19.9 Å². The third kappa shape index (κ3) is 5.27. The zero-order valence-electron chi connectivity index (χ0n) is 16.8. The summed E-state index contributed by atoms with van der Waals surface area (Å²) >= 11 is 0. The first-order valence-corrected chi connectivity index (χ1v) is 10.1. The number of benzene rings is 1. The predicted octanol–water partition coefficient (Wildman–Crippen LogP) is 4.48. The van der Waals surface area contributed by atoms with Crippen molar-refractivity contribution in [3.63, 3.8) is 0 Å². The number of amides is 1. The number of halogens is 1. The summed E-state index contributed by atoms with van der Waals surface area (Å²) in [5.74, 6) is 0.236. The van der Waals surface area contributed by atoms with E-state index < -0.39 is 5.60 Å². The molecule has 1 aromatic carbocycles. The average Bonchev–Trinajstić information content (AvgIpc) is 3.14. The van der Waals surface area contributed by atoms with E-state index in [1.54, 1.807) is 11.0 Å². The summed E-state index contributed by atoms with van der Waals surface area (Å²) in [4.78, 5) is 16.2. The van der Waals surface area contributed by atoms with E-state index in [2.05, 4.69) is 10.2 Å². The van der Waals surface area contributed by atoms with Crippen LogP contribution in [0.15, 0.2) is 18.2 Å². The Kier molecular flexibility index (Phi) is 6.12. The molecule has 5 nitrogen and oxygen atoms in total. The van der Waals surface area contributed by atoms with Crippen molar-refractivity contribution in [3.8, 4) is 0 Å². The molecule has 0 unspecified atom stereocenters. The lowest BCUT2D eigenvalue weighted by Gasteiger charge is -2.34. The monoisotopic (exact) mass is 377 g/mol. The number of piperidine rings is 1. The molecule has 3 rings (SSSR count). The molecular weight excluding hydrogens is 345 g/mol. The summed E-state index contributed by atoms with van der Waals surface area (Å²) in [7, 11) is 0. The maximum Gasteiger partial charge on any atom is 0.410 e. The maximum atomic E-state index is 14.4. The first-order chi connectivity index (χ1) is 12.8. The number of anilines is 2. The average molecular weight is 378 g/mol. The minimum absolute atomic E-state index is 0.189. The molecule has 0 aromatic heterocycles. The van der Waals surface area contributed by atoms with Crippen LogP contribution in [0.5, 0.6) is 0 Å². The first kappa shape index (κ1) is 19.8. The van der Waals surface area contributed by atoms with E-state index in [0.29, 0.717) is 24.7 Å². The Morgan fingerprint density at radius 2 is 1.85 bits per heavy atom. The van der Waals surface area contributed by atoms with Gasteiger partial charge in [-0.3, -0.25) is 0 Å². The number of likely N-dealkylation sites (tertiary alicyclic amines) is 1. The number of carbonyl (C=O) groups is 1. The van der Waals surface area contributed by atoms with Crippen molar-refractivity contribution in [3.05, 3.63) is 24.0 Å². The second-order valence-electron chi connectivity index (χ2n) is 8.62. The highest BCUT2D eigenvalue weighted by Crippen LogP contribution is 2.32. The van der Waals surface area contributed by atoms with Gasteiger partial charge in [0.05, 0.1) is 11.4 Å². The van der Waals surface area contributed by atoms with Crippen LogP contribution in [0, 0.1) is 11.7 Å². The number of para-hydroxylation sites is 1. The van der Waals surface area contributed by atoms with Crippen LogP contribution in [0.3, 0.4) is 0 Å². The fourth-order valence-electron chi connectivity index (χ4n) is 3.80. The number of ether oxygens (including phenoxy) is 1. The second-order valence-corrected chi connectivity index (χ2v) is 8.62. The van der Waals surface area contributed by atoms with Crippen molar-refractivity contribution in [2.45, 2.75) is 52.1 Å². The molecular formula is C21H32FN3O2. The summed E-state index contributed by atoms with van der Waals surface area (Å²) in [6.07, 6.45) is 3.90. The molecule has 6 heteroatoms. The number of nitrogens with zero attached hydrogens (tertiary/aromatic N) is 2. The largest absolute Gasteiger partial charge is 0.444 e. The number of hydrogen-bond acceptors (Lipinski definition) is 4. The molecule has 0 spiro atoms. The van der Waals surface area contributed by atoms with Gasteiger partial charge in [0.25, 0.3) is 0 Å². The van der Waals surface area contributed by atoms with Crippen molar-refractivity contribution in [2.24, 2.45) is 5.92 Å². The van der Waals surface area contributed by atoms with Gasteiger partial charge in [0.2, 0.25) is 0 Å². The Morgan fingerprint density at radius 1 is 1.19 bits per heavy atom. The highest BCUT2D eigenvalue weighted by molar-refractivity contribution is 5.71. The van der Waals surface area contributed by atoms with Crippen LogP contribution in [-0.2, 0) is 4.74 Å². The molecule has 150 valence electrons. The fourth-order valence-corrected chi connectivity index (χ4v) is 3.80. The van der Waals surface area contributed by atoms with Crippen LogP contribution in [0.1, 0.15) is 46.5 Å². The zero-order chi connectivity index (χ0) is 19.4. The van der Waals surface area contributed by atoms with Crippen LogP contribution in [0.25, 0.3) is 0 Å². The molecule has 2 fully saturated rings. The van der Waals surface area contributed by atoms with Gasteiger partial charge in [0.1, 0.15) is 11.4 Å². The van der Waals surface area contributed by atoms with E-state index in [-0.39, 0.29) is 11.9 Å². The lowest BCUT2D eigenvalue weighted by Crippen LogP contribution is -2.42. The van der Waals surface area contributed by atoms with Crippen molar-refractivity contribution in [2.75, 3.05) is 42.9 Å². The number of nitrogens with one attached hydrogen (secondary N) is 1. The highest BCUT2D eigenvalue weighted by Gasteiger charge is 2.27. The predicted molar refractivity (Wildman–Crippen MR) is 107 cm³/mol. The third-order valence-corrected chi connectivity index (χ3v) is 5.27. The summed E-state index contributed by atoms with van der Waals surface area (Å²) in [5, 5.41) is 3.36. The van der Waals surface area contributed by atoms with Gasteiger partial charge in [0.15, 0.2) is 0 Å². The molecule has 0 aliphatic carbocycles. The standard InChI is InChI=1S/C21H32FN3O2/c1-21(2,3)27-20(26)25-13-9-16(10-14-25)15-23-19-17(22)7-6-8-18(19)24-11-4-5-12-24/h6-8,16,23H,4-5,9-15H2,1-3H3. The Labute approximate surface area is 161 Å². The molecule has 0 bridgehead atoms. The molecule has 27 heavy (non-hydrogen) atoms. The van der Waals surface area contributed by atoms with E-state index >= 15 is 0 Å². The summed E-state index contributed by atoms with van der Waals surface area (Å²) in [6.45, 7) is 9.74. The summed E-state index contributed by atoms with van der Waals surface area (Å²) in [5.41, 5.74) is 1.12. The summed E-state index contributed by atoms with van der Waals surface area (Å²) < 4.78 is 19.9. The van der Waals surface area contributed by atoms with E-state index in [4.69, 9.17) is 4.74 Å². The van der Waals surface area contributed by atoms with Crippen molar-refractivity contribution >= 4 is 17.5 Å². The third-order valence-electron chi connectivity index (χ3n) is 5.27. The molecule has 0 radical (unpaired) electrons. The molecule has 2 saturated heterocycles. The van der Waals surface area contributed by atoms with E-state index in [1.807, 2.05) is 26.8 Å². The van der Waals surface area contributed by atoms with Crippen molar-refractivity contribution in [1.82, 2.24) is 4.90 Å². The van der Waals surface area contributed by atoms with Crippen molar-refractivity contribution < 1.29 is 13.9 Å². The van der Waals surface area contributed by atoms with Gasteiger partial charge in [0, 0.05) is 32.7 Å². The normalized spacial score (nSPS) is 18.7. The van der Waals surface area contributed by atoms with Crippen LogP contribution >= 0.6 is 0 Å². The molecule has 2 aliphatic rings. The Hall–Kier alpha value is -1.98. The van der Waals surface area contributed by atoms with E-state index in [1.165, 1.54) is 18.9 Å². The highest BCUT2D eigenvalue weighted by atomic mass is 19.1.